The third kappa shape index (κ3) is 49.7. The molecule has 2 unspecified atom stereocenters. The van der Waals surface area contributed by atoms with Crippen LogP contribution in [0.1, 0.15) is 181 Å². The number of ether oxygens (including phenoxy) is 4. The highest BCUT2D eigenvalue weighted by molar-refractivity contribution is 5.71. The van der Waals surface area contributed by atoms with Crippen LogP contribution in [-0.2, 0) is 33.3 Å². The molecule has 0 spiro atoms. The van der Waals surface area contributed by atoms with Gasteiger partial charge in [0.1, 0.15) is 13.2 Å². The Bertz CT molecular complexity index is 1460. The number of carbonyl (C=O) groups excluding carboxylic acids is 2. The molecule has 0 heterocycles. The molecule has 0 rings (SSSR count). The molecular formula is C58H96NO8+. The molecule has 0 aliphatic heterocycles. The minimum absolute atomic E-state index is 0.171. The van der Waals surface area contributed by atoms with Crippen molar-refractivity contribution in [3.8, 4) is 0 Å². The van der Waals surface area contributed by atoms with E-state index in [0.29, 0.717) is 23.9 Å². The highest BCUT2D eigenvalue weighted by Gasteiger charge is 2.25. The Morgan fingerprint density at radius 3 is 1.24 bits per heavy atom. The number of hydrogen-bond donors (Lipinski definition) is 1. The normalized spacial score (nSPS) is 13.7. The molecule has 0 radical (unpaired) electrons. The highest BCUT2D eigenvalue weighted by Crippen LogP contribution is 2.14. The van der Waals surface area contributed by atoms with Gasteiger partial charge in [-0.25, -0.2) is 4.79 Å². The Kier molecular flexibility index (Phi) is 45.5. The largest absolute Gasteiger partial charge is 0.477 e. The zero-order valence-electron chi connectivity index (χ0n) is 43.0. The zero-order chi connectivity index (χ0) is 49.2. The van der Waals surface area contributed by atoms with Gasteiger partial charge in [-0.05, 0) is 89.9 Å². The fraction of sp³-hybridized carbons (Fsp3) is 0.638. The van der Waals surface area contributed by atoms with E-state index in [-0.39, 0.29) is 38.6 Å². The number of unbranched alkanes of at least 4 members (excludes halogenated alkanes) is 13. The molecule has 0 saturated heterocycles. The van der Waals surface area contributed by atoms with Crippen molar-refractivity contribution >= 4 is 17.9 Å². The first-order chi connectivity index (χ1) is 32.6. The van der Waals surface area contributed by atoms with Gasteiger partial charge in [-0.15, -0.1) is 0 Å². The van der Waals surface area contributed by atoms with E-state index in [9.17, 15) is 19.5 Å². The maximum absolute atomic E-state index is 12.8. The molecule has 0 amide bonds. The first-order valence-corrected chi connectivity index (χ1v) is 26.1. The molecular weight excluding hydrogens is 839 g/mol. The van der Waals surface area contributed by atoms with E-state index in [0.717, 1.165) is 77.0 Å². The highest BCUT2D eigenvalue weighted by atomic mass is 16.7. The number of aliphatic carboxylic acids is 1. The summed E-state index contributed by atoms with van der Waals surface area (Å²) in [4.78, 5) is 37.3. The van der Waals surface area contributed by atoms with Gasteiger partial charge in [0, 0.05) is 12.8 Å². The molecule has 2 atom stereocenters. The summed E-state index contributed by atoms with van der Waals surface area (Å²) in [6.45, 7) is 4.56. The molecule has 0 aromatic carbocycles. The fourth-order valence-corrected chi connectivity index (χ4v) is 6.57. The first-order valence-electron chi connectivity index (χ1n) is 26.1. The van der Waals surface area contributed by atoms with Crippen LogP contribution in [-0.4, -0.2) is 87.4 Å². The molecule has 9 nitrogen and oxygen atoms in total. The van der Waals surface area contributed by atoms with Crippen molar-refractivity contribution in [2.45, 2.75) is 193 Å². The fourth-order valence-electron chi connectivity index (χ4n) is 6.57. The van der Waals surface area contributed by atoms with E-state index < -0.39 is 24.3 Å². The van der Waals surface area contributed by atoms with Gasteiger partial charge in [-0.1, -0.05) is 187 Å². The number of likely N-dealkylation sites (N-methyl/N-ethyl adjacent to an activating group) is 1. The van der Waals surface area contributed by atoms with Gasteiger partial charge in [0.25, 0.3) is 6.29 Å². The van der Waals surface area contributed by atoms with E-state index in [2.05, 4.69) is 123 Å². The topological polar surface area (TPSA) is 108 Å². The van der Waals surface area contributed by atoms with Gasteiger partial charge in [0.05, 0.1) is 34.4 Å². The summed E-state index contributed by atoms with van der Waals surface area (Å²) in [5.74, 6) is -2.10. The van der Waals surface area contributed by atoms with Crippen molar-refractivity contribution < 1.29 is 42.9 Å². The van der Waals surface area contributed by atoms with Crippen LogP contribution in [0.4, 0.5) is 0 Å². The van der Waals surface area contributed by atoms with Crippen molar-refractivity contribution in [1.29, 1.82) is 0 Å². The van der Waals surface area contributed by atoms with Crippen LogP contribution in [0.15, 0.2) is 109 Å². The Hall–Kier alpha value is -4.05. The average Bonchev–Trinajstić information content (AvgIpc) is 3.29. The third-order valence-electron chi connectivity index (χ3n) is 10.5. The van der Waals surface area contributed by atoms with Crippen LogP contribution in [0.2, 0.25) is 0 Å². The minimum atomic E-state index is -1.53. The monoisotopic (exact) mass is 935 g/mol. The summed E-state index contributed by atoms with van der Waals surface area (Å²) >= 11 is 0. The molecule has 380 valence electrons. The second kappa shape index (κ2) is 48.4. The SMILES string of the molecule is CC/C=C\C/C=C\C/C=C\C/C=C\C/C=C\CCCC(=O)OC(COC(=O)CCCCCCCCCCCCCC/C=C\C/C=C\C/C=C\C/C=C\CC)COC(OCC[N+](C)(C)C)C(=O)O. The van der Waals surface area contributed by atoms with Gasteiger partial charge in [0.15, 0.2) is 6.10 Å². The van der Waals surface area contributed by atoms with Crippen molar-refractivity contribution in [3.05, 3.63) is 109 Å². The maximum Gasteiger partial charge on any atom is 0.361 e. The lowest BCUT2D eigenvalue weighted by Gasteiger charge is -2.25. The van der Waals surface area contributed by atoms with Crippen LogP contribution in [0, 0.1) is 0 Å². The van der Waals surface area contributed by atoms with Crippen LogP contribution in [0.5, 0.6) is 0 Å². The Morgan fingerprint density at radius 2 is 0.821 bits per heavy atom. The number of quaternary nitrogens is 1. The van der Waals surface area contributed by atoms with Gasteiger partial charge < -0.3 is 28.5 Å². The molecule has 0 aromatic rings. The van der Waals surface area contributed by atoms with E-state index >= 15 is 0 Å². The van der Waals surface area contributed by atoms with Crippen LogP contribution in [0.3, 0.4) is 0 Å². The summed E-state index contributed by atoms with van der Waals surface area (Å²) < 4.78 is 22.7. The van der Waals surface area contributed by atoms with Crippen molar-refractivity contribution in [2.75, 3.05) is 47.5 Å². The summed E-state index contributed by atoms with van der Waals surface area (Å²) in [6.07, 6.45) is 63.1. The minimum Gasteiger partial charge on any atom is -0.477 e. The molecule has 1 N–H and O–H groups in total. The quantitative estimate of drug-likeness (QED) is 0.0211. The van der Waals surface area contributed by atoms with Gasteiger partial charge in [-0.2, -0.15) is 0 Å². The van der Waals surface area contributed by atoms with E-state index in [4.69, 9.17) is 18.9 Å². The van der Waals surface area contributed by atoms with Crippen molar-refractivity contribution in [3.63, 3.8) is 0 Å². The number of hydrogen-bond acceptors (Lipinski definition) is 7. The summed E-state index contributed by atoms with van der Waals surface area (Å²) in [7, 11) is 5.93. The molecule has 0 fully saturated rings. The lowest BCUT2D eigenvalue weighted by Crippen LogP contribution is -2.40. The molecule has 0 bridgehead atoms. The number of nitrogens with zero attached hydrogens (tertiary/aromatic N) is 1. The van der Waals surface area contributed by atoms with Crippen LogP contribution >= 0.6 is 0 Å². The standard InChI is InChI=1S/C58H95NO8/c1-6-8-10-12-14-16-18-20-22-24-25-26-27-28-29-30-31-33-34-36-38-40-42-44-46-48-55(60)65-52-54(53-66-58(57(62)63)64-51-50-59(3,4)5)67-56(61)49-47-45-43-41-39-37-35-32-23-21-19-17-15-13-11-9-7-2/h8-11,14-17,20-23,25-26,35,37,41,43,54,58H,6-7,12-13,18-19,24,27-34,36,38-40,42,44-53H2,1-5H3/p+1/b10-8-,11-9-,16-14-,17-15-,22-20-,23-21-,26-25-,37-35-,43-41-. The number of rotatable bonds is 46. The molecule has 0 saturated carbocycles. The number of carboxylic acid groups (broad SMARTS) is 1. The number of carboxylic acids is 1. The predicted octanol–water partition coefficient (Wildman–Crippen LogP) is 14.8. The molecule has 0 aliphatic carbocycles. The van der Waals surface area contributed by atoms with Crippen molar-refractivity contribution in [1.82, 2.24) is 0 Å². The van der Waals surface area contributed by atoms with Crippen LogP contribution in [0.25, 0.3) is 0 Å². The van der Waals surface area contributed by atoms with Crippen molar-refractivity contribution in [2.24, 2.45) is 0 Å². The smallest absolute Gasteiger partial charge is 0.361 e. The van der Waals surface area contributed by atoms with Crippen LogP contribution < -0.4 is 0 Å². The second-order valence-corrected chi connectivity index (χ2v) is 18.1. The van der Waals surface area contributed by atoms with Gasteiger partial charge >= 0.3 is 17.9 Å². The number of esters is 2. The molecule has 9 heteroatoms. The predicted molar refractivity (Wildman–Crippen MR) is 281 cm³/mol. The lowest BCUT2D eigenvalue weighted by atomic mass is 10.0. The Balaban J connectivity index is 4.37. The Morgan fingerprint density at radius 1 is 0.448 bits per heavy atom. The molecule has 0 aromatic heterocycles. The summed E-state index contributed by atoms with van der Waals surface area (Å²) in [5.41, 5.74) is 0. The lowest BCUT2D eigenvalue weighted by molar-refractivity contribution is -0.870. The van der Waals surface area contributed by atoms with E-state index in [1.807, 2.05) is 21.1 Å². The van der Waals surface area contributed by atoms with Gasteiger partial charge in [0.2, 0.25) is 0 Å². The molecule has 67 heavy (non-hydrogen) atoms. The summed E-state index contributed by atoms with van der Waals surface area (Å²) in [5, 5.41) is 9.67. The average molecular weight is 935 g/mol. The zero-order valence-corrected chi connectivity index (χ0v) is 43.0. The molecule has 0 aliphatic rings. The maximum atomic E-state index is 12.8. The van der Waals surface area contributed by atoms with Gasteiger partial charge in [-0.3, -0.25) is 9.59 Å². The number of allylic oxidation sites excluding steroid dienone is 18. The second-order valence-electron chi connectivity index (χ2n) is 18.1. The number of carbonyl (C=O) groups is 3. The van der Waals surface area contributed by atoms with E-state index in [1.54, 1.807) is 0 Å². The third-order valence-corrected chi connectivity index (χ3v) is 10.5. The van der Waals surface area contributed by atoms with E-state index in [1.165, 1.54) is 64.2 Å². The first kappa shape index (κ1) is 63.0. The summed E-state index contributed by atoms with van der Waals surface area (Å²) in [6, 6.07) is 0. The Labute approximate surface area is 409 Å².